The van der Waals surface area contributed by atoms with E-state index in [-0.39, 0.29) is 48.2 Å². The molecular formula is C66H61IrN3O-2. The second-order valence-corrected chi connectivity index (χ2v) is 22.0. The molecule has 357 valence electrons. The van der Waals surface area contributed by atoms with E-state index >= 15 is 0 Å². The fourth-order valence-corrected chi connectivity index (χ4v) is 11.0. The van der Waals surface area contributed by atoms with Gasteiger partial charge in [0.25, 0.3) is 0 Å². The topological polar surface area (TPSA) is 43.9 Å². The van der Waals surface area contributed by atoms with Gasteiger partial charge in [0.15, 0.2) is 0 Å². The van der Waals surface area contributed by atoms with E-state index in [1.54, 1.807) is 0 Å². The van der Waals surface area contributed by atoms with Crippen LogP contribution in [0.25, 0.3) is 94.0 Å². The third kappa shape index (κ3) is 7.84. The molecule has 1 radical (unpaired) electrons. The van der Waals surface area contributed by atoms with E-state index in [1.807, 2.05) is 30.5 Å². The normalized spacial score (nSPS) is 13.9. The number of imidazole rings is 1. The van der Waals surface area contributed by atoms with Crippen molar-refractivity contribution in [1.82, 2.24) is 14.5 Å². The number of aromatic nitrogens is 3. The maximum atomic E-state index is 7.16. The molecule has 0 unspecified atom stereocenters. The molecule has 8 aromatic carbocycles. The minimum atomic E-state index is -0.146. The van der Waals surface area contributed by atoms with Crippen molar-refractivity contribution in [2.75, 3.05) is 0 Å². The van der Waals surface area contributed by atoms with E-state index in [9.17, 15) is 0 Å². The van der Waals surface area contributed by atoms with Gasteiger partial charge < -0.3 is 14.0 Å². The zero-order valence-corrected chi connectivity index (χ0v) is 45.1. The van der Waals surface area contributed by atoms with Gasteiger partial charge in [0.2, 0.25) is 0 Å². The molecule has 3 heterocycles. The Morgan fingerprint density at radius 1 is 0.620 bits per heavy atom. The molecule has 3 aromatic heterocycles. The zero-order chi connectivity index (χ0) is 48.9. The van der Waals surface area contributed by atoms with Gasteiger partial charge in [-0.2, -0.15) is 0 Å². The molecule has 1 aliphatic rings. The number of furan rings is 1. The Balaban J connectivity index is 0.000000292. The summed E-state index contributed by atoms with van der Waals surface area (Å²) in [6, 6.07) is 60.9. The van der Waals surface area contributed by atoms with Crippen molar-refractivity contribution in [3.63, 3.8) is 0 Å². The van der Waals surface area contributed by atoms with Gasteiger partial charge >= 0.3 is 0 Å². The van der Waals surface area contributed by atoms with Gasteiger partial charge in [0.1, 0.15) is 5.58 Å². The van der Waals surface area contributed by atoms with Crippen molar-refractivity contribution in [2.24, 2.45) is 0 Å². The van der Waals surface area contributed by atoms with Crippen molar-refractivity contribution >= 4 is 54.5 Å². The average molecular weight is 1100 g/mol. The molecule has 0 bridgehead atoms. The fraction of sp³-hybridized carbons (Fsp3) is 0.242. The molecule has 5 heteroatoms. The second kappa shape index (κ2) is 17.9. The van der Waals surface area contributed by atoms with Gasteiger partial charge in [0.05, 0.1) is 22.4 Å². The molecule has 11 aromatic rings. The van der Waals surface area contributed by atoms with Gasteiger partial charge in [0, 0.05) is 42.8 Å². The van der Waals surface area contributed by atoms with Gasteiger partial charge in [-0.3, -0.25) is 4.98 Å². The summed E-state index contributed by atoms with van der Waals surface area (Å²) >= 11 is 0. The first-order chi connectivity index (χ1) is 33.5. The van der Waals surface area contributed by atoms with Crippen molar-refractivity contribution in [3.8, 4) is 39.5 Å². The molecule has 0 saturated carbocycles. The Bertz CT molecular complexity index is 3760. The number of hydrogen-bond acceptors (Lipinski definition) is 3. The first-order valence-electron chi connectivity index (χ1n) is 25.0. The summed E-state index contributed by atoms with van der Waals surface area (Å²) in [5.74, 6) is 1.39. The number of fused-ring (bicyclic) bond motifs is 7. The molecule has 0 aliphatic heterocycles. The monoisotopic (exact) mass is 1100 g/mol. The van der Waals surface area contributed by atoms with Crippen LogP contribution in [0.2, 0.25) is 0 Å². The number of hydrogen-bond donors (Lipinski definition) is 0. The summed E-state index contributed by atoms with van der Waals surface area (Å²) < 4.78 is 9.56. The van der Waals surface area contributed by atoms with Crippen LogP contribution in [0, 0.1) is 12.1 Å². The van der Waals surface area contributed by atoms with E-state index in [1.165, 1.54) is 71.6 Å². The number of pyridine rings is 1. The Labute approximate surface area is 432 Å². The molecular weight excluding hydrogens is 1040 g/mol. The SMILES string of the molecule is CC(C)(C)c1ccc(-c2[c-]cccc2)nc1.CC(C)c1cc(-c2ccccc2)cc(C(C)C)c1-n1c(-c2[c-]ccc3c2oc2cc4c5c(cc6ccccc64)C(C)(C)C(C)(C)c5c23)nc2ccccc21.[Ir]. The van der Waals surface area contributed by atoms with Crippen molar-refractivity contribution in [3.05, 3.63) is 198 Å². The fourth-order valence-electron chi connectivity index (χ4n) is 11.0. The maximum absolute atomic E-state index is 7.16. The van der Waals surface area contributed by atoms with Crippen LogP contribution in [0.3, 0.4) is 0 Å². The van der Waals surface area contributed by atoms with E-state index in [0.29, 0.717) is 0 Å². The molecule has 0 atom stereocenters. The van der Waals surface area contributed by atoms with Crippen LogP contribution < -0.4 is 0 Å². The van der Waals surface area contributed by atoms with E-state index < -0.39 is 0 Å². The minimum Gasteiger partial charge on any atom is -0.501 e. The van der Waals surface area contributed by atoms with E-state index in [4.69, 9.17) is 9.40 Å². The first-order valence-corrected chi connectivity index (χ1v) is 25.0. The van der Waals surface area contributed by atoms with Gasteiger partial charge in [-0.15, -0.1) is 54.1 Å². The molecule has 0 amide bonds. The maximum Gasteiger partial charge on any atom is 0.121 e. The summed E-state index contributed by atoms with van der Waals surface area (Å²) in [6.07, 6.45) is 1.95. The zero-order valence-electron chi connectivity index (χ0n) is 42.7. The van der Waals surface area contributed by atoms with Crippen LogP contribution in [0.4, 0.5) is 0 Å². The average Bonchev–Trinajstić information content (AvgIpc) is 3.98. The summed E-state index contributed by atoms with van der Waals surface area (Å²) in [6.45, 7) is 25.4. The Morgan fingerprint density at radius 2 is 1.31 bits per heavy atom. The van der Waals surface area contributed by atoms with Crippen LogP contribution in [-0.2, 0) is 36.4 Å². The standard InChI is InChI=1S/C51H45N2O.C15H16N.Ir/c1-29(2)37-25-33(31-17-10-9-11-18-31)26-38(30(3)4)47(37)53-42-24-15-14-23-41(42)52-49(53)36-22-16-21-35-45-43(54-48(35)36)28-39-34-20-13-12-19-32(34)27-40-44(39)46(45)51(7,8)50(40,5)6;1-15(2,3)13-9-10-14(16-11-13)12-7-5-4-6-8-12;/h9-21,23-30H,1-8H3;4-7,9-11H,1-3H3;/q2*-1;. The summed E-state index contributed by atoms with van der Waals surface area (Å²) in [4.78, 5) is 9.92. The van der Waals surface area contributed by atoms with Crippen LogP contribution in [-0.4, -0.2) is 14.5 Å². The number of para-hydroxylation sites is 2. The van der Waals surface area contributed by atoms with Gasteiger partial charge in [-0.1, -0.05) is 166 Å². The van der Waals surface area contributed by atoms with Crippen molar-refractivity contribution in [1.29, 1.82) is 0 Å². The smallest absolute Gasteiger partial charge is 0.121 e. The summed E-state index contributed by atoms with van der Waals surface area (Å²) in [7, 11) is 0. The Morgan fingerprint density at radius 3 is 1.99 bits per heavy atom. The van der Waals surface area contributed by atoms with Gasteiger partial charge in [-0.05, 0) is 125 Å². The third-order valence-electron chi connectivity index (χ3n) is 15.5. The van der Waals surface area contributed by atoms with Crippen molar-refractivity contribution < 1.29 is 24.5 Å². The number of benzene rings is 8. The molecule has 0 saturated heterocycles. The van der Waals surface area contributed by atoms with E-state index in [2.05, 4.69) is 225 Å². The Hall–Kier alpha value is -6.65. The molecule has 0 fully saturated rings. The number of nitrogens with zero attached hydrogens (tertiary/aromatic N) is 3. The predicted molar refractivity (Wildman–Crippen MR) is 295 cm³/mol. The van der Waals surface area contributed by atoms with E-state index in [0.717, 1.165) is 50.2 Å². The third-order valence-corrected chi connectivity index (χ3v) is 15.5. The second-order valence-electron chi connectivity index (χ2n) is 22.0. The first kappa shape index (κ1) is 48.0. The Kier molecular flexibility index (Phi) is 12.1. The molecule has 1 aliphatic carbocycles. The van der Waals surface area contributed by atoms with Gasteiger partial charge in [-0.25, -0.2) is 0 Å². The molecule has 71 heavy (non-hydrogen) atoms. The molecule has 4 nitrogen and oxygen atoms in total. The summed E-state index contributed by atoms with van der Waals surface area (Å²) in [5, 5.41) is 7.51. The minimum absolute atomic E-state index is 0. The van der Waals surface area contributed by atoms with Crippen LogP contribution >= 0.6 is 0 Å². The predicted octanol–water partition coefficient (Wildman–Crippen LogP) is 18.0. The molecule has 12 rings (SSSR count). The summed E-state index contributed by atoms with van der Waals surface area (Å²) in [5.41, 5.74) is 16.9. The largest absolute Gasteiger partial charge is 0.501 e. The molecule has 0 spiro atoms. The molecule has 0 N–H and O–H groups in total. The quantitative estimate of drug-likeness (QED) is 0.123. The van der Waals surface area contributed by atoms with Crippen LogP contribution in [0.1, 0.15) is 116 Å². The number of rotatable bonds is 6. The van der Waals surface area contributed by atoms with Crippen LogP contribution in [0.15, 0.2) is 162 Å². The van der Waals surface area contributed by atoms with Crippen molar-refractivity contribution in [2.45, 2.75) is 104 Å². The van der Waals surface area contributed by atoms with Crippen LogP contribution in [0.5, 0.6) is 0 Å².